The Kier molecular flexibility index (Phi) is 4.85. The molecule has 0 aromatic heterocycles. The number of nitrogens with one attached hydrogen (secondary N) is 2. The average molecular weight is 366 g/mol. The normalized spacial score (nSPS) is 24.6. The number of halogens is 1. The third-order valence-electron chi connectivity index (χ3n) is 4.46. The molecule has 2 aliphatic heterocycles. The summed E-state index contributed by atoms with van der Waals surface area (Å²) in [5.41, 5.74) is 8.83. The van der Waals surface area contributed by atoms with Crippen molar-refractivity contribution in [2.75, 3.05) is 11.4 Å². The maximum absolute atomic E-state index is 12.9. The van der Waals surface area contributed by atoms with Crippen molar-refractivity contribution in [1.82, 2.24) is 10.9 Å². The van der Waals surface area contributed by atoms with Crippen LogP contribution in [0.3, 0.4) is 0 Å². The molecule has 0 saturated carbocycles. The summed E-state index contributed by atoms with van der Waals surface area (Å²) in [5, 5.41) is 0. The number of hydrogen-bond acceptors (Lipinski definition) is 3. The monoisotopic (exact) mass is 365 g/mol. The van der Waals surface area contributed by atoms with Crippen LogP contribution in [0.5, 0.6) is 0 Å². The molecule has 22 heavy (non-hydrogen) atoms. The van der Waals surface area contributed by atoms with E-state index in [2.05, 4.69) is 52.8 Å². The minimum absolute atomic E-state index is 0.113. The van der Waals surface area contributed by atoms with E-state index in [-0.39, 0.29) is 11.9 Å². The molecule has 0 bridgehead atoms. The first kappa shape index (κ1) is 16.0. The largest absolute Gasteiger partial charge is 0.311 e. The van der Waals surface area contributed by atoms with Crippen molar-refractivity contribution in [3.63, 3.8) is 0 Å². The first-order valence-corrected chi connectivity index (χ1v) is 8.94. The van der Waals surface area contributed by atoms with Gasteiger partial charge in [0.1, 0.15) is 6.04 Å². The molecule has 0 spiro atoms. The van der Waals surface area contributed by atoms with Crippen molar-refractivity contribution < 1.29 is 4.79 Å². The summed E-state index contributed by atoms with van der Waals surface area (Å²) in [4.78, 5) is 14.9. The first-order valence-electron chi connectivity index (χ1n) is 8.15. The van der Waals surface area contributed by atoms with E-state index in [1.165, 1.54) is 5.56 Å². The number of fused-ring (bicyclic) bond motifs is 1. The van der Waals surface area contributed by atoms with Gasteiger partial charge in [0.2, 0.25) is 5.91 Å². The van der Waals surface area contributed by atoms with Crippen LogP contribution in [0.4, 0.5) is 5.69 Å². The summed E-state index contributed by atoms with van der Waals surface area (Å²) in [6, 6.07) is 6.49. The molecule has 2 N–H and O–H groups in total. The van der Waals surface area contributed by atoms with Gasteiger partial charge in [0.25, 0.3) is 0 Å². The number of nitrogens with zero attached hydrogens (tertiary/aromatic N) is 1. The van der Waals surface area contributed by atoms with Gasteiger partial charge in [0, 0.05) is 22.7 Å². The van der Waals surface area contributed by atoms with Crippen LogP contribution in [0.2, 0.25) is 0 Å². The van der Waals surface area contributed by atoms with Crippen LogP contribution in [0, 0.1) is 5.92 Å². The van der Waals surface area contributed by atoms with Crippen molar-refractivity contribution in [3.8, 4) is 0 Å². The fourth-order valence-electron chi connectivity index (χ4n) is 3.49. The Morgan fingerprint density at radius 2 is 2.23 bits per heavy atom. The van der Waals surface area contributed by atoms with Crippen molar-refractivity contribution in [1.29, 1.82) is 0 Å². The molecule has 2 aliphatic rings. The Bertz CT molecular complexity index is 561. The highest BCUT2D eigenvalue weighted by atomic mass is 79.9. The smallest absolute Gasteiger partial charge is 0.245 e. The van der Waals surface area contributed by atoms with Crippen LogP contribution >= 0.6 is 15.9 Å². The maximum Gasteiger partial charge on any atom is 0.245 e. The van der Waals surface area contributed by atoms with Gasteiger partial charge < -0.3 is 4.90 Å². The first-order chi connectivity index (χ1) is 10.5. The summed E-state index contributed by atoms with van der Waals surface area (Å²) in [7, 11) is 0. The molecule has 1 amide bonds. The van der Waals surface area contributed by atoms with Gasteiger partial charge in [0.05, 0.1) is 0 Å². The molecule has 2 heterocycles. The van der Waals surface area contributed by atoms with Crippen LogP contribution in [-0.2, 0) is 11.2 Å². The Labute approximate surface area is 140 Å². The van der Waals surface area contributed by atoms with Crippen LogP contribution in [-0.4, -0.2) is 24.5 Å². The summed E-state index contributed by atoms with van der Waals surface area (Å²) in [5.74, 6) is 0.836. The van der Waals surface area contributed by atoms with Crippen LogP contribution in [0.1, 0.15) is 38.7 Å². The molecule has 5 heteroatoms. The standard InChI is InChI=1S/C17H24BrN3O/c1-11(2)8-14-10-15(20-19-14)17(22)21-7-3-4-12-9-13(18)5-6-16(12)21/h5-6,9,11,14-15,19-20H,3-4,7-8,10H2,1-2H3. The Morgan fingerprint density at radius 1 is 1.41 bits per heavy atom. The number of rotatable bonds is 3. The highest BCUT2D eigenvalue weighted by molar-refractivity contribution is 9.10. The van der Waals surface area contributed by atoms with E-state index in [9.17, 15) is 4.79 Å². The Balaban J connectivity index is 1.72. The molecule has 1 aromatic carbocycles. The Hall–Kier alpha value is -0.910. The predicted octanol–water partition coefficient (Wildman–Crippen LogP) is 3.01. The number of amides is 1. The quantitative estimate of drug-likeness (QED) is 0.865. The van der Waals surface area contributed by atoms with E-state index in [0.29, 0.717) is 12.0 Å². The number of hydrazine groups is 1. The molecule has 4 nitrogen and oxygen atoms in total. The third kappa shape index (κ3) is 3.36. The average Bonchev–Trinajstić information content (AvgIpc) is 2.93. The molecule has 120 valence electrons. The van der Waals surface area contributed by atoms with Crippen LogP contribution in [0.25, 0.3) is 0 Å². The van der Waals surface area contributed by atoms with E-state index in [0.717, 1.165) is 42.4 Å². The number of carbonyl (C=O) groups is 1. The molecule has 3 rings (SSSR count). The lowest BCUT2D eigenvalue weighted by atomic mass is 9.97. The van der Waals surface area contributed by atoms with Gasteiger partial charge in [-0.2, -0.15) is 0 Å². The second kappa shape index (κ2) is 6.69. The highest BCUT2D eigenvalue weighted by Gasteiger charge is 2.34. The topological polar surface area (TPSA) is 44.4 Å². The fourth-order valence-corrected chi connectivity index (χ4v) is 3.90. The number of carbonyl (C=O) groups excluding carboxylic acids is 1. The summed E-state index contributed by atoms with van der Waals surface area (Å²) in [6.45, 7) is 5.26. The maximum atomic E-state index is 12.9. The molecular weight excluding hydrogens is 342 g/mol. The molecule has 0 aliphatic carbocycles. The molecule has 1 fully saturated rings. The lowest BCUT2D eigenvalue weighted by Crippen LogP contribution is -2.47. The number of benzene rings is 1. The van der Waals surface area contributed by atoms with Gasteiger partial charge in [-0.1, -0.05) is 29.8 Å². The van der Waals surface area contributed by atoms with E-state index >= 15 is 0 Å². The van der Waals surface area contributed by atoms with Crippen molar-refractivity contribution >= 4 is 27.5 Å². The summed E-state index contributed by atoms with van der Waals surface area (Å²) >= 11 is 3.52. The lowest BCUT2D eigenvalue weighted by Gasteiger charge is -2.31. The van der Waals surface area contributed by atoms with Crippen molar-refractivity contribution in [3.05, 3.63) is 28.2 Å². The van der Waals surface area contributed by atoms with E-state index < -0.39 is 0 Å². The van der Waals surface area contributed by atoms with Gasteiger partial charge in [-0.25, -0.2) is 5.43 Å². The highest BCUT2D eigenvalue weighted by Crippen LogP contribution is 2.31. The second-order valence-corrected chi connectivity index (χ2v) is 7.69. The zero-order chi connectivity index (χ0) is 15.7. The molecule has 0 radical (unpaired) electrons. The number of aryl methyl sites for hydroxylation is 1. The molecule has 1 aromatic rings. The second-order valence-electron chi connectivity index (χ2n) is 6.77. The molecular formula is C17H24BrN3O. The fraction of sp³-hybridized carbons (Fsp3) is 0.588. The lowest BCUT2D eigenvalue weighted by molar-refractivity contribution is -0.120. The van der Waals surface area contributed by atoms with Gasteiger partial charge in [-0.3, -0.25) is 10.2 Å². The summed E-state index contributed by atoms with van der Waals surface area (Å²) in [6.07, 6.45) is 4.05. The summed E-state index contributed by atoms with van der Waals surface area (Å²) < 4.78 is 1.08. The van der Waals surface area contributed by atoms with Crippen LogP contribution in [0.15, 0.2) is 22.7 Å². The molecule has 2 atom stereocenters. The van der Waals surface area contributed by atoms with Gasteiger partial charge in [-0.05, 0) is 55.4 Å². The molecule has 1 saturated heterocycles. The van der Waals surface area contributed by atoms with E-state index in [1.807, 2.05) is 11.0 Å². The Morgan fingerprint density at radius 3 is 3.00 bits per heavy atom. The third-order valence-corrected chi connectivity index (χ3v) is 4.96. The van der Waals surface area contributed by atoms with Gasteiger partial charge in [0.15, 0.2) is 0 Å². The predicted molar refractivity (Wildman–Crippen MR) is 92.7 cm³/mol. The van der Waals surface area contributed by atoms with Crippen molar-refractivity contribution in [2.24, 2.45) is 5.92 Å². The van der Waals surface area contributed by atoms with Crippen LogP contribution < -0.4 is 15.8 Å². The van der Waals surface area contributed by atoms with E-state index in [1.54, 1.807) is 0 Å². The zero-order valence-corrected chi connectivity index (χ0v) is 14.8. The van der Waals surface area contributed by atoms with Gasteiger partial charge in [-0.15, -0.1) is 0 Å². The zero-order valence-electron chi connectivity index (χ0n) is 13.2. The minimum atomic E-state index is -0.113. The number of hydrogen-bond donors (Lipinski definition) is 2. The van der Waals surface area contributed by atoms with Gasteiger partial charge >= 0.3 is 0 Å². The number of anilines is 1. The SMILES string of the molecule is CC(C)CC1CC(C(=O)N2CCCc3cc(Br)ccc32)NN1. The van der Waals surface area contributed by atoms with E-state index in [4.69, 9.17) is 0 Å². The minimum Gasteiger partial charge on any atom is -0.311 e. The van der Waals surface area contributed by atoms with Crippen molar-refractivity contribution in [2.45, 2.75) is 51.6 Å². The molecule has 2 unspecified atom stereocenters.